The highest BCUT2D eigenvalue weighted by molar-refractivity contribution is 7.89. The molecule has 0 aliphatic rings. The summed E-state index contributed by atoms with van der Waals surface area (Å²) in [5, 5.41) is 17.2. The Morgan fingerprint density at radius 1 is 1.38 bits per heavy atom. The highest BCUT2D eigenvalue weighted by atomic mass is 32.2. The minimum Gasteiger partial charge on any atom is -0.478 e. The molecule has 0 bridgehead atoms. The first-order valence-electron chi connectivity index (χ1n) is 5.99. The van der Waals surface area contributed by atoms with Crippen LogP contribution >= 0.6 is 0 Å². The van der Waals surface area contributed by atoms with Crippen LogP contribution < -0.4 is 10.5 Å². The molecule has 7 nitrogen and oxygen atoms in total. The van der Waals surface area contributed by atoms with Gasteiger partial charge in [-0.1, -0.05) is 0 Å². The van der Waals surface area contributed by atoms with E-state index in [0.717, 1.165) is 6.07 Å². The van der Waals surface area contributed by atoms with Crippen LogP contribution in [-0.2, 0) is 10.0 Å². The minimum absolute atomic E-state index is 0.181. The first-order chi connectivity index (χ1) is 9.79. The quantitative estimate of drug-likeness (QED) is 0.774. The smallest absolute Gasteiger partial charge is 0.337 e. The van der Waals surface area contributed by atoms with Crippen LogP contribution in [0.4, 0.5) is 5.69 Å². The van der Waals surface area contributed by atoms with E-state index in [-0.39, 0.29) is 22.2 Å². The number of carboxylic acids is 1. The van der Waals surface area contributed by atoms with Crippen LogP contribution in [0.5, 0.6) is 0 Å². The molecule has 4 N–H and O–H groups in total. The molecule has 2 aromatic rings. The van der Waals surface area contributed by atoms with Gasteiger partial charge < -0.3 is 14.8 Å². The molecule has 0 saturated carbocycles. The van der Waals surface area contributed by atoms with Crippen LogP contribution in [-0.4, -0.2) is 19.5 Å². The Morgan fingerprint density at radius 2 is 2.10 bits per heavy atom. The van der Waals surface area contributed by atoms with Crippen LogP contribution in [0.25, 0.3) is 0 Å². The number of aromatic carboxylic acids is 1. The van der Waals surface area contributed by atoms with Gasteiger partial charge in [0.2, 0.25) is 10.0 Å². The van der Waals surface area contributed by atoms with E-state index >= 15 is 0 Å². The summed E-state index contributed by atoms with van der Waals surface area (Å²) in [7, 11) is -3.96. The first-order valence-corrected chi connectivity index (χ1v) is 7.54. The molecule has 1 heterocycles. The zero-order valence-corrected chi connectivity index (χ0v) is 11.9. The van der Waals surface area contributed by atoms with Crippen molar-refractivity contribution in [3.05, 3.63) is 47.9 Å². The van der Waals surface area contributed by atoms with Crippen molar-refractivity contribution in [3.63, 3.8) is 0 Å². The van der Waals surface area contributed by atoms with E-state index in [2.05, 4.69) is 5.32 Å². The largest absolute Gasteiger partial charge is 0.478 e. The number of hydrogen-bond acceptors (Lipinski definition) is 5. The van der Waals surface area contributed by atoms with Crippen molar-refractivity contribution in [3.8, 4) is 0 Å². The monoisotopic (exact) mass is 310 g/mol. The molecule has 0 saturated heterocycles. The van der Waals surface area contributed by atoms with Crippen molar-refractivity contribution in [1.82, 2.24) is 0 Å². The molecular formula is C13H14N2O5S. The maximum atomic E-state index is 11.3. The average molecular weight is 310 g/mol. The topological polar surface area (TPSA) is 123 Å². The molecule has 0 amide bonds. The third-order valence-electron chi connectivity index (χ3n) is 2.89. The van der Waals surface area contributed by atoms with E-state index in [0.29, 0.717) is 5.76 Å². The normalized spacial score (nSPS) is 12.9. The van der Waals surface area contributed by atoms with Crippen LogP contribution in [0.1, 0.15) is 29.1 Å². The SMILES string of the molecule is CC(Nc1ccc(S(N)(=O)=O)cc1C(=O)O)c1ccco1. The minimum atomic E-state index is -3.96. The van der Waals surface area contributed by atoms with Gasteiger partial charge in [0, 0.05) is 5.69 Å². The fourth-order valence-electron chi connectivity index (χ4n) is 1.85. The molecule has 0 radical (unpaired) electrons. The highest BCUT2D eigenvalue weighted by Crippen LogP contribution is 2.25. The maximum absolute atomic E-state index is 11.3. The highest BCUT2D eigenvalue weighted by Gasteiger charge is 2.18. The summed E-state index contributed by atoms with van der Waals surface area (Å²) >= 11 is 0. The van der Waals surface area contributed by atoms with Gasteiger partial charge in [0.05, 0.1) is 22.8 Å². The van der Waals surface area contributed by atoms with Gasteiger partial charge in [-0.2, -0.15) is 0 Å². The van der Waals surface area contributed by atoms with E-state index in [4.69, 9.17) is 9.56 Å². The number of hydrogen-bond donors (Lipinski definition) is 3. The summed E-state index contributed by atoms with van der Waals surface area (Å²) in [6.07, 6.45) is 1.51. The van der Waals surface area contributed by atoms with Crippen molar-refractivity contribution in [2.24, 2.45) is 5.14 Å². The van der Waals surface area contributed by atoms with Crippen molar-refractivity contribution < 1.29 is 22.7 Å². The summed E-state index contributed by atoms with van der Waals surface area (Å²) in [5.41, 5.74) is 0.0960. The Morgan fingerprint density at radius 3 is 2.62 bits per heavy atom. The summed E-state index contributed by atoms with van der Waals surface area (Å²) in [6, 6.07) is 6.82. The van der Waals surface area contributed by atoms with E-state index in [1.807, 2.05) is 0 Å². The zero-order valence-electron chi connectivity index (χ0n) is 11.1. The summed E-state index contributed by atoms with van der Waals surface area (Å²) in [5.74, 6) is -0.628. The van der Waals surface area contributed by atoms with Crippen molar-refractivity contribution >= 4 is 21.7 Å². The van der Waals surface area contributed by atoms with Gasteiger partial charge in [-0.05, 0) is 37.3 Å². The van der Waals surface area contributed by atoms with E-state index in [1.54, 1.807) is 19.1 Å². The van der Waals surface area contributed by atoms with Crippen LogP contribution in [0.2, 0.25) is 0 Å². The van der Waals surface area contributed by atoms with E-state index in [1.165, 1.54) is 18.4 Å². The second-order valence-corrected chi connectivity index (χ2v) is 6.00. The molecule has 0 fully saturated rings. The Bertz CT molecular complexity index is 753. The van der Waals surface area contributed by atoms with Gasteiger partial charge in [0.25, 0.3) is 0 Å². The predicted molar refractivity (Wildman–Crippen MR) is 75.5 cm³/mol. The van der Waals surface area contributed by atoms with Crippen molar-refractivity contribution in [2.45, 2.75) is 17.9 Å². The lowest BCUT2D eigenvalue weighted by molar-refractivity contribution is 0.0697. The molecule has 21 heavy (non-hydrogen) atoms. The molecule has 1 aromatic heterocycles. The molecule has 0 aliphatic heterocycles. The lowest BCUT2D eigenvalue weighted by Gasteiger charge is -2.15. The lowest BCUT2D eigenvalue weighted by Crippen LogP contribution is -2.15. The number of sulfonamides is 1. The zero-order chi connectivity index (χ0) is 15.6. The Kier molecular flexibility index (Phi) is 4.01. The third kappa shape index (κ3) is 3.41. The molecule has 1 unspecified atom stereocenters. The number of furan rings is 1. The molecular weight excluding hydrogens is 296 g/mol. The number of benzene rings is 1. The predicted octanol–water partition coefficient (Wildman–Crippen LogP) is 1.80. The molecule has 8 heteroatoms. The maximum Gasteiger partial charge on any atom is 0.337 e. The van der Waals surface area contributed by atoms with Gasteiger partial charge in [-0.25, -0.2) is 18.4 Å². The van der Waals surface area contributed by atoms with E-state index in [9.17, 15) is 18.3 Å². The van der Waals surface area contributed by atoms with E-state index < -0.39 is 16.0 Å². The third-order valence-corrected chi connectivity index (χ3v) is 3.80. The number of anilines is 1. The Hall–Kier alpha value is -2.32. The van der Waals surface area contributed by atoms with Crippen LogP contribution in [0, 0.1) is 0 Å². The lowest BCUT2D eigenvalue weighted by atomic mass is 10.1. The standard InChI is InChI=1S/C13H14N2O5S/c1-8(12-3-2-6-20-12)15-11-5-4-9(21(14,18)19)7-10(11)13(16)17/h2-8,15H,1H3,(H,16,17)(H2,14,18,19). The molecule has 2 rings (SSSR count). The molecule has 0 spiro atoms. The molecule has 0 aliphatic carbocycles. The Labute approximate surface area is 121 Å². The average Bonchev–Trinajstić information content (AvgIpc) is 2.91. The van der Waals surface area contributed by atoms with Gasteiger partial charge >= 0.3 is 5.97 Å². The summed E-state index contributed by atoms with van der Waals surface area (Å²) in [6.45, 7) is 1.79. The second-order valence-electron chi connectivity index (χ2n) is 4.44. The number of rotatable bonds is 5. The number of carboxylic acid groups (broad SMARTS) is 1. The second kappa shape index (κ2) is 5.58. The van der Waals surface area contributed by atoms with Crippen LogP contribution in [0.15, 0.2) is 45.9 Å². The Balaban J connectivity index is 2.38. The van der Waals surface area contributed by atoms with Crippen LogP contribution in [0.3, 0.4) is 0 Å². The fraction of sp³-hybridized carbons (Fsp3) is 0.154. The number of nitrogens with one attached hydrogen (secondary N) is 1. The number of nitrogens with two attached hydrogens (primary N) is 1. The fourth-order valence-corrected chi connectivity index (χ4v) is 2.39. The van der Waals surface area contributed by atoms with Crippen molar-refractivity contribution in [1.29, 1.82) is 0 Å². The number of primary sulfonamides is 1. The first kappa shape index (κ1) is 15.1. The summed E-state index contributed by atoms with van der Waals surface area (Å²) in [4.78, 5) is 11.0. The number of carbonyl (C=O) groups is 1. The molecule has 1 aromatic carbocycles. The van der Waals surface area contributed by atoms with Gasteiger partial charge in [-0.15, -0.1) is 0 Å². The molecule has 1 atom stereocenters. The molecule has 112 valence electrons. The van der Waals surface area contributed by atoms with Gasteiger partial charge in [0.1, 0.15) is 5.76 Å². The van der Waals surface area contributed by atoms with Gasteiger partial charge in [0.15, 0.2) is 0 Å². The van der Waals surface area contributed by atoms with Crippen molar-refractivity contribution in [2.75, 3.05) is 5.32 Å². The summed E-state index contributed by atoms with van der Waals surface area (Å²) < 4.78 is 27.8. The van der Waals surface area contributed by atoms with Gasteiger partial charge in [-0.3, -0.25) is 0 Å².